The molecule has 0 spiro atoms. The molecule has 0 bridgehead atoms. The molecule has 53 heavy (non-hydrogen) atoms. The standard InChI is InChI=1S/C46H61N3S4/c1-5-9-12-14-16-18-29-49(30-19-17-15-13-10-6-2)36-23-21-35(22-24-36)41-32-43-44(51-41)33-42(52-43)39-27-26-38(45-46(39)48-53-47-45)40-28-25-37(50-40)31-34(8-4)20-11-7-3/h21-28,32-34H,5-20,29-31H2,1-4H3. The molecule has 7 heteroatoms. The molecule has 0 aliphatic heterocycles. The predicted molar refractivity (Wildman–Crippen MR) is 241 cm³/mol. The second-order valence-electron chi connectivity index (χ2n) is 15.0. The normalized spacial score (nSPS) is 12.4. The first-order chi connectivity index (χ1) is 26.1. The third kappa shape index (κ3) is 10.8. The van der Waals surface area contributed by atoms with Crippen LogP contribution in [-0.2, 0) is 6.42 Å². The molecule has 1 unspecified atom stereocenters. The summed E-state index contributed by atoms with van der Waals surface area (Å²) in [7, 11) is 0. The summed E-state index contributed by atoms with van der Waals surface area (Å²) in [5, 5.41) is 0. The van der Waals surface area contributed by atoms with Crippen molar-refractivity contribution in [3.05, 3.63) is 65.5 Å². The molecule has 0 saturated carbocycles. The van der Waals surface area contributed by atoms with E-state index in [1.807, 2.05) is 34.0 Å². The Hall–Kier alpha value is -2.58. The Balaban J connectivity index is 1.13. The summed E-state index contributed by atoms with van der Waals surface area (Å²) >= 11 is 7.08. The molecule has 6 rings (SSSR count). The summed E-state index contributed by atoms with van der Waals surface area (Å²) < 4.78 is 12.4. The van der Waals surface area contributed by atoms with Gasteiger partial charge in [0.1, 0.15) is 11.0 Å². The zero-order valence-corrected chi connectivity index (χ0v) is 36.0. The maximum atomic E-state index is 4.84. The van der Waals surface area contributed by atoms with Gasteiger partial charge in [0.2, 0.25) is 0 Å². The zero-order chi connectivity index (χ0) is 36.8. The number of fused-ring (bicyclic) bond motifs is 2. The molecule has 4 aromatic heterocycles. The number of thiophene rings is 3. The summed E-state index contributed by atoms with van der Waals surface area (Å²) in [6, 6.07) is 23.5. The Labute approximate surface area is 336 Å². The minimum Gasteiger partial charge on any atom is -0.372 e. The molecular formula is C46H61N3S4. The number of benzene rings is 2. The minimum atomic E-state index is 0.780. The average molecular weight is 784 g/mol. The van der Waals surface area contributed by atoms with Gasteiger partial charge in [0.25, 0.3) is 0 Å². The average Bonchev–Trinajstić information content (AvgIpc) is 4.00. The van der Waals surface area contributed by atoms with Crippen LogP contribution in [0.15, 0.2) is 60.7 Å². The summed E-state index contributed by atoms with van der Waals surface area (Å²) in [6.07, 6.45) is 22.6. The van der Waals surface area contributed by atoms with Crippen molar-refractivity contribution in [3.8, 4) is 31.3 Å². The second kappa shape index (κ2) is 20.9. The fourth-order valence-electron chi connectivity index (χ4n) is 7.61. The van der Waals surface area contributed by atoms with Crippen LogP contribution in [0.4, 0.5) is 5.69 Å². The number of anilines is 1. The van der Waals surface area contributed by atoms with Gasteiger partial charge in [0, 0.05) is 58.8 Å². The van der Waals surface area contributed by atoms with E-state index < -0.39 is 0 Å². The summed E-state index contributed by atoms with van der Waals surface area (Å²) in [6.45, 7) is 11.6. The molecule has 0 aliphatic rings. The third-order valence-corrected chi connectivity index (χ3v) is 15.0. The highest BCUT2D eigenvalue weighted by molar-refractivity contribution is 7.31. The lowest BCUT2D eigenvalue weighted by molar-refractivity contribution is 0.452. The summed E-state index contributed by atoms with van der Waals surface area (Å²) in [4.78, 5) is 8.10. The van der Waals surface area contributed by atoms with E-state index in [-0.39, 0.29) is 0 Å². The van der Waals surface area contributed by atoms with Crippen LogP contribution in [0, 0.1) is 5.92 Å². The van der Waals surface area contributed by atoms with Crippen LogP contribution >= 0.6 is 45.7 Å². The molecule has 0 radical (unpaired) electrons. The number of hydrogen-bond acceptors (Lipinski definition) is 7. The maximum Gasteiger partial charge on any atom is 0.114 e. The van der Waals surface area contributed by atoms with E-state index in [1.54, 1.807) is 0 Å². The molecule has 1 atom stereocenters. The van der Waals surface area contributed by atoms with Crippen LogP contribution < -0.4 is 4.90 Å². The van der Waals surface area contributed by atoms with E-state index in [0.29, 0.717) is 0 Å². The molecule has 0 aliphatic carbocycles. The van der Waals surface area contributed by atoms with Gasteiger partial charge < -0.3 is 4.90 Å². The van der Waals surface area contributed by atoms with Crippen LogP contribution in [-0.4, -0.2) is 21.8 Å². The minimum absolute atomic E-state index is 0.780. The largest absolute Gasteiger partial charge is 0.372 e. The van der Waals surface area contributed by atoms with Gasteiger partial charge >= 0.3 is 0 Å². The molecule has 6 aromatic rings. The third-order valence-electron chi connectivity index (χ3n) is 10.9. The van der Waals surface area contributed by atoms with Crippen LogP contribution in [0.5, 0.6) is 0 Å². The van der Waals surface area contributed by atoms with Gasteiger partial charge in [-0.1, -0.05) is 142 Å². The fraction of sp³-hybridized carbons (Fsp3) is 0.522. The molecule has 2 aromatic carbocycles. The highest BCUT2D eigenvalue weighted by Crippen LogP contribution is 2.45. The Morgan fingerprint density at radius 3 is 1.74 bits per heavy atom. The van der Waals surface area contributed by atoms with Gasteiger partial charge in [-0.25, -0.2) is 0 Å². The fourth-order valence-corrected chi connectivity index (χ4v) is 11.8. The zero-order valence-electron chi connectivity index (χ0n) is 32.8. The molecule has 0 amide bonds. The first kappa shape index (κ1) is 40.1. The van der Waals surface area contributed by atoms with Crippen LogP contribution in [0.1, 0.15) is 135 Å². The molecule has 0 saturated heterocycles. The van der Waals surface area contributed by atoms with E-state index in [2.05, 4.69) is 93.3 Å². The Bertz CT molecular complexity index is 1900. The lowest BCUT2D eigenvalue weighted by Gasteiger charge is -2.25. The number of hydrogen-bond donors (Lipinski definition) is 0. The number of rotatable bonds is 24. The number of unbranched alkanes of at least 4 members (excludes halogenated alkanes) is 11. The Morgan fingerprint density at radius 2 is 1.11 bits per heavy atom. The van der Waals surface area contributed by atoms with E-state index in [1.165, 1.54) is 185 Å². The van der Waals surface area contributed by atoms with Gasteiger partial charge in [-0.2, -0.15) is 8.75 Å². The molecule has 284 valence electrons. The van der Waals surface area contributed by atoms with Crippen LogP contribution in [0.25, 0.3) is 51.8 Å². The highest BCUT2D eigenvalue weighted by atomic mass is 32.1. The van der Waals surface area contributed by atoms with Crippen LogP contribution in [0.3, 0.4) is 0 Å². The predicted octanol–water partition coefficient (Wildman–Crippen LogP) is 16.3. The van der Waals surface area contributed by atoms with Crippen LogP contribution in [0.2, 0.25) is 0 Å². The number of aromatic nitrogens is 2. The lowest BCUT2D eigenvalue weighted by Crippen LogP contribution is -2.25. The van der Waals surface area contributed by atoms with Crippen molar-refractivity contribution in [1.29, 1.82) is 0 Å². The second-order valence-corrected chi connectivity index (χ2v) is 18.9. The Morgan fingerprint density at radius 1 is 0.547 bits per heavy atom. The molecule has 4 heterocycles. The molecular weight excluding hydrogens is 723 g/mol. The SMILES string of the molecule is CCCCCCCCN(CCCCCCCC)c1ccc(-c2cc3sc(-c4ccc(-c5ccc(CC(CC)CCCC)s5)c5nsnc45)cc3s2)cc1. The first-order valence-corrected chi connectivity index (χ1v) is 24.0. The highest BCUT2D eigenvalue weighted by Gasteiger charge is 2.18. The maximum absolute atomic E-state index is 4.84. The van der Waals surface area contributed by atoms with Gasteiger partial charge in [-0.3, -0.25) is 0 Å². The monoisotopic (exact) mass is 783 g/mol. The summed E-state index contributed by atoms with van der Waals surface area (Å²) in [5.74, 6) is 0.780. The number of nitrogens with zero attached hydrogens (tertiary/aromatic N) is 3. The van der Waals surface area contributed by atoms with Gasteiger partial charge in [0.05, 0.1) is 11.7 Å². The van der Waals surface area contributed by atoms with Gasteiger partial charge in [0.15, 0.2) is 0 Å². The van der Waals surface area contributed by atoms with Crippen molar-refractivity contribution in [3.63, 3.8) is 0 Å². The van der Waals surface area contributed by atoms with Gasteiger partial charge in [-0.05, 0) is 67.1 Å². The van der Waals surface area contributed by atoms with Crippen molar-refractivity contribution < 1.29 is 0 Å². The summed E-state index contributed by atoms with van der Waals surface area (Å²) in [5.41, 5.74) is 7.21. The molecule has 3 nitrogen and oxygen atoms in total. The Kier molecular flexibility index (Phi) is 15.8. The van der Waals surface area contributed by atoms with E-state index >= 15 is 0 Å². The smallest absolute Gasteiger partial charge is 0.114 e. The topological polar surface area (TPSA) is 29.0 Å². The molecule has 0 fully saturated rings. The molecule has 0 N–H and O–H groups in total. The van der Waals surface area contributed by atoms with Crippen molar-refractivity contribution >= 4 is 71.9 Å². The van der Waals surface area contributed by atoms with Crippen molar-refractivity contribution in [2.24, 2.45) is 5.92 Å². The lowest BCUT2D eigenvalue weighted by atomic mass is 9.95. The van der Waals surface area contributed by atoms with Crippen molar-refractivity contribution in [1.82, 2.24) is 8.75 Å². The first-order valence-electron chi connectivity index (χ1n) is 20.8. The van der Waals surface area contributed by atoms with Crippen molar-refractivity contribution in [2.75, 3.05) is 18.0 Å². The van der Waals surface area contributed by atoms with E-state index in [9.17, 15) is 0 Å². The quantitative estimate of drug-likeness (QED) is 0.0573. The van der Waals surface area contributed by atoms with Gasteiger partial charge in [-0.15, -0.1) is 34.0 Å². The van der Waals surface area contributed by atoms with Crippen molar-refractivity contribution in [2.45, 2.75) is 137 Å². The van der Waals surface area contributed by atoms with E-state index in [0.717, 1.165) is 17.0 Å². The van der Waals surface area contributed by atoms with E-state index in [4.69, 9.17) is 8.75 Å².